The number of anilines is 1. The highest BCUT2D eigenvalue weighted by atomic mass is 35.5. The molecule has 1 heterocycles. The van der Waals surface area contributed by atoms with Gasteiger partial charge in [-0.15, -0.1) is 12.4 Å². The molecule has 0 aliphatic rings. The van der Waals surface area contributed by atoms with E-state index in [9.17, 15) is 4.79 Å². The van der Waals surface area contributed by atoms with Crippen molar-refractivity contribution in [2.75, 3.05) is 5.32 Å². The molecule has 0 aliphatic carbocycles. The summed E-state index contributed by atoms with van der Waals surface area (Å²) >= 11 is 1.44. The summed E-state index contributed by atoms with van der Waals surface area (Å²) < 4.78 is 0. The molecular formula is C15H20ClN3OS. The highest BCUT2D eigenvalue weighted by Crippen LogP contribution is 2.29. The maximum absolute atomic E-state index is 12.0. The zero-order valence-corrected chi connectivity index (χ0v) is 13.9. The highest BCUT2D eigenvalue weighted by Gasteiger charge is 2.27. The van der Waals surface area contributed by atoms with E-state index in [1.165, 1.54) is 11.3 Å². The minimum atomic E-state index is -0.563. The van der Waals surface area contributed by atoms with Gasteiger partial charge < -0.3 is 11.1 Å². The van der Waals surface area contributed by atoms with Crippen molar-refractivity contribution in [3.63, 3.8) is 0 Å². The Bertz CT molecular complexity index is 592. The van der Waals surface area contributed by atoms with Crippen molar-refractivity contribution in [3.05, 3.63) is 36.5 Å². The van der Waals surface area contributed by atoms with Gasteiger partial charge in [0.2, 0.25) is 5.91 Å². The zero-order chi connectivity index (χ0) is 14.8. The quantitative estimate of drug-likeness (QED) is 0.906. The Morgan fingerprint density at radius 1 is 1.29 bits per heavy atom. The van der Waals surface area contributed by atoms with Gasteiger partial charge in [0.05, 0.1) is 10.9 Å². The second-order valence-electron chi connectivity index (χ2n) is 5.73. The fourth-order valence-electron chi connectivity index (χ4n) is 1.64. The lowest BCUT2D eigenvalue weighted by atomic mass is 9.87. The van der Waals surface area contributed by atoms with Gasteiger partial charge in [-0.3, -0.25) is 4.79 Å². The first-order valence-corrected chi connectivity index (χ1v) is 7.27. The molecule has 1 aromatic carbocycles. The molecule has 21 heavy (non-hydrogen) atoms. The molecule has 3 N–H and O–H groups in total. The average molecular weight is 326 g/mol. The third-order valence-electron chi connectivity index (χ3n) is 3.01. The maximum Gasteiger partial charge on any atom is 0.243 e. The molecule has 0 aliphatic heterocycles. The first kappa shape index (κ1) is 17.6. The molecule has 1 amide bonds. The van der Waals surface area contributed by atoms with Crippen molar-refractivity contribution < 1.29 is 4.79 Å². The van der Waals surface area contributed by atoms with Crippen molar-refractivity contribution in [1.29, 1.82) is 0 Å². The standard InChI is InChI=1S/C15H19N3OS.ClH/c1-15(2,3)12(16)13(19)18-14-17-9-11(20-14)10-7-5-4-6-8-10;/h4-9,12H,16H2,1-3H3,(H,17,18,19);1H/t12-;/m1./s1. The van der Waals surface area contributed by atoms with Gasteiger partial charge in [-0.1, -0.05) is 62.4 Å². The Balaban J connectivity index is 0.00000220. The van der Waals surface area contributed by atoms with Crippen LogP contribution in [0.25, 0.3) is 10.4 Å². The topological polar surface area (TPSA) is 68.0 Å². The number of nitrogens with two attached hydrogens (primary N) is 1. The molecule has 2 rings (SSSR count). The molecule has 0 spiro atoms. The lowest BCUT2D eigenvalue weighted by molar-refractivity contribution is -0.119. The minimum Gasteiger partial charge on any atom is -0.319 e. The second-order valence-corrected chi connectivity index (χ2v) is 6.76. The van der Waals surface area contributed by atoms with Crippen LogP contribution in [0.5, 0.6) is 0 Å². The maximum atomic E-state index is 12.0. The van der Waals surface area contributed by atoms with Crippen LogP contribution in [0.1, 0.15) is 20.8 Å². The highest BCUT2D eigenvalue weighted by molar-refractivity contribution is 7.19. The number of nitrogens with one attached hydrogen (secondary N) is 1. The average Bonchev–Trinajstić information content (AvgIpc) is 2.86. The summed E-state index contributed by atoms with van der Waals surface area (Å²) in [4.78, 5) is 17.3. The number of hydrogen-bond acceptors (Lipinski definition) is 4. The lowest BCUT2D eigenvalue weighted by Gasteiger charge is -2.25. The van der Waals surface area contributed by atoms with E-state index in [2.05, 4.69) is 10.3 Å². The van der Waals surface area contributed by atoms with E-state index < -0.39 is 6.04 Å². The normalized spacial score (nSPS) is 12.4. The fraction of sp³-hybridized carbons (Fsp3) is 0.333. The Kier molecular flexibility index (Phi) is 5.89. The summed E-state index contributed by atoms with van der Waals surface area (Å²) in [5, 5.41) is 3.36. The summed E-state index contributed by atoms with van der Waals surface area (Å²) in [5.74, 6) is -0.202. The molecule has 1 atom stereocenters. The van der Waals surface area contributed by atoms with Gasteiger partial charge in [0.15, 0.2) is 5.13 Å². The van der Waals surface area contributed by atoms with E-state index in [1.807, 2.05) is 51.1 Å². The van der Waals surface area contributed by atoms with E-state index in [0.29, 0.717) is 5.13 Å². The Morgan fingerprint density at radius 2 is 1.90 bits per heavy atom. The van der Waals surface area contributed by atoms with Gasteiger partial charge >= 0.3 is 0 Å². The lowest BCUT2D eigenvalue weighted by Crippen LogP contribution is -2.45. The van der Waals surface area contributed by atoms with Crippen LogP contribution >= 0.6 is 23.7 Å². The number of nitrogens with zero attached hydrogens (tertiary/aromatic N) is 1. The Hall–Kier alpha value is -1.43. The van der Waals surface area contributed by atoms with Crippen LogP contribution in [0.15, 0.2) is 36.5 Å². The summed E-state index contributed by atoms with van der Waals surface area (Å²) in [5.41, 5.74) is 6.74. The smallest absolute Gasteiger partial charge is 0.243 e. The molecular weight excluding hydrogens is 306 g/mol. The van der Waals surface area contributed by atoms with E-state index >= 15 is 0 Å². The number of rotatable bonds is 3. The van der Waals surface area contributed by atoms with Crippen molar-refractivity contribution in [2.24, 2.45) is 11.1 Å². The molecule has 0 saturated heterocycles. The summed E-state index contributed by atoms with van der Waals surface area (Å²) in [6.45, 7) is 5.82. The monoisotopic (exact) mass is 325 g/mol. The Morgan fingerprint density at radius 3 is 2.48 bits per heavy atom. The van der Waals surface area contributed by atoms with E-state index in [4.69, 9.17) is 5.73 Å². The van der Waals surface area contributed by atoms with Gasteiger partial charge in [-0.25, -0.2) is 4.98 Å². The molecule has 114 valence electrons. The zero-order valence-electron chi connectivity index (χ0n) is 12.3. The molecule has 0 saturated carbocycles. The molecule has 2 aromatic rings. The summed E-state index contributed by atoms with van der Waals surface area (Å²) in [7, 11) is 0. The van der Waals surface area contributed by atoms with Crippen LogP contribution in [0, 0.1) is 5.41 Å². The minimum absolute atomic E-state index is 0. The van der Waals surface area contributed by atoms with Crippen LogP contribution < -0.4 is 11.1 Å². The fourth-order valence-corrected chi connectivity index (χ4v) is 2.47. The molecule has 1 aromatic heterocycles. The van der Waals surface area contributed by atoms with E-state index in [0.717, 1.165) is 10.4 Å². The van der Waals surface area contributed by atoms with Gasteiger partial charge in [0, 0.05) is 6.20 Å². The van der Waals surface area contributed by atoms with Crippen molar-refractivity contribution >= 4 is 34.8 Å². The van der Waals surface area contributed by atoms with Crippen LogP contribution in [-0.2, 0) is 4.79 Å². The number of amides is 1. The molecule has 0 bridgehead atoms. The Labute approximate surface area is 135 Å². The number of benzene rings is 1. The van der Waals surface area contributed by atoms with Crippen molar-refractivity contribution in [1.82, 2.24) is 4.98 Å². The summed E-state index contributed by atoms with van der Waals surface area (Å²) in [6.07, 6.45) is 1.76. The number of thiazole rings is 1. The molecule has 0 radical (unpaired) electrons. The largest absolute Gasteiger partial charge is 0.319 e. The first-order valence-electron chi connectivity index (χ1n) is 6.45. The molecule has 4 nitrogen and oxygen atoms in total. The third kappa shape index (κ3) is 4.52. The van der Waals surface area contributed by atoms with Crippen LogP contribution in [0.3, 0.4) is 0 Å². The van der Waals surface area contributed by atoms with E-state index in [-0.39, 0.29) is 23.7 Å². The van der Waals surface area contributed by atoms with Crippen LogP contribution in [0.2, 0.25) is 0 Å². The first-order chi connectivity index (χ1) is 9.38. The number of aromatic nitrogens is 1. The SMILES string of the molecule is CC(C)(C)[C@H](N)C(=O)Nc1ncc(-c2ccccc2)s1.Cl. The van der Waals surface area contributed by atoms with Crippen LogP contribution in [0.4, 0.5) is 5.13 Å². The van der Waals surface area contributed by atoms with E-state index in [1.54, 1.807) is 6.20 Å². The van der Waals surface area contributed by atoms with Crippen molar-refractivity contribution in [3.8, 4) is 10.4 Å². The number of carbonyl (C=O) groups excluding carboxylic acids is 1. The summed E-state index contributed by atoms with van der Waals surface area (Å²) in [6, 6.07) is 9.38. The molecule has 0 fully saturated rings. The van der Waals surface area contributed by atoms with Crippen LogP contribution in [-0.4, -0.2) is 16.9 Å². The van der Waals surface area contributed by atoms with Crippen molar-refractivity contribution in [2.45, 2.75) is 26.8 Å². The molecule has 0 unspecified atom stereocenters. The predicted octanol–water partition coefficient (Wildman–Crippen LogP) is 3.54. The van der Waals surface area contributed by atoms with Gasteiger partial charge in [0.25, 0.3) is 0 Å². The van der Waals surface area contributed by atoms with Gasteiger partial charge in [-0.05, 0) is 11.0 Å². The molecule has 6 heteroatoms. The number of halogens is 1. The van der Waals surface area contributed by atoms with Gasteiger partial charge in [-0.2, -0.15) is 0 Å². The van der Waals surface area contributed by atoms with Gasteiger partial charge in [0.1, 0.15) is 0 Å². The number of hydrogen-bond donors (Lipinski definition) is 2. The third-order valence-corrected chi connectivity index (χ3v) is 3.97. The number of carbonyl (C=O) groups is 1. The second kappa shape index (κ2) is 7.02. The predicted molar refractivity (Wildman–Crippen MR) is 90.9 cm³/mol.